The molecule has 0 fully saturated rings. The van der Waals surface area contributed by atoms with Gasteiger partial charge in [0.15, 0.2) is 0 Å². The van der Waals surface area contributed by atoms with E-state index in [0.717, 1.165) is 0 Å². The second-order valence-corrected chi connectivity index (χ2v) is 3.59. The van der Waals surface area contributed by atoms with Crippen LogP contribution in [0.3, 0.4) is 0 Å². The van der Waals surface area contributed by atoms with Gasteiger partial charge in [0.05, 0.1) is 0 Å². The molecule has 0 N–H and O–H groups in total. The van der Waals surface area contributed by atoms with E-state index in [4.69, 9.17) is 0 Å². The fraction of sp³-hybridized carbons (Fsp3) is 0.818. The average Bonchev–Trinajstić information content (AvgIpc) is 2.31. The molecule has 0 bridgehead atoms. The Labute approximate surface area is 76.5 Å². The third-order valence-corrected chi connectivity index (χ3v) is 2.65. The van der Waals surface area contributed by atoms with Gasteiger partial charge in [-0.05, 0) is 25.8 Å². The van der Waals surface area contributed by atoms with Crippen LogP contribution >= 0.6 is 0 Å². The summed E-state index contributed by atoms with van der Waals surface area (Å²) < 4.78 is 0. The van der Waals surface area contributed by atoms with E-state index in [0.29, 0.717) is 0 Å². The summed E-state index contributed by atoms with van der Waals surface area (Å²) in [6.45, 7) is 8.29. The summed E-state index contributed by atoms with van der Waals surface area (Å²) in [4.78, 5) is 2.54. The molecule has 0 amide bonds. The first kappa shape index (κ1) is 9.79. The summed E-state index contributed by atoms with van der Waals surface area (Å²) in [6, 6.07) is 0. The number of hydrogen-bond acceptors (Lipinski definition) is 1. The summed E-state index contributed by atoms with van der Waals surface area (Å²) in [5.41, 5.74) is 1.69. The van der Waals surface area contributed by atoms with Crippen LogP contribution in [-0.4, -0.2) is 24.5 Å². The van der Waals surface area contributed by atoms with Gasteiger partial charge in [0, 0.05) is 13.1 Å². The van der Waals surface area contributed by atoms with Crippen molar-refractivity contribution in [2.45, 2.75) is 39.5 Å². The Kier molecular flexibility index (Phi) is 4.37. The van der Waals surface area contributed by atoms with Crippen LogP contribution in [0.1, 0.15) is 39.5 Å². The zero-order valence-electron chi connectivity index (χ0n) is 8.47. The van der Waals surface area contributed by atoms with Gasteiger partial charge in [-0.25, -0.2) is 0 Å². The van der Waals surface area contributed by atoms with E-state index in [9.17, 15) is 0 Å². The monoisotopic (exact) mass is 167 g/mol. The lowest BCUT2D eigenvalue weighted by Crippen LogP contribution is -2.24. The third kappa shape index (κ3) is 2.98. The smallest absolute Gasteiger partial charge is 0.00186 e. The molecule has 1 aliphatic rings. The third-order valence-electron chi connectivity index (χ3n) is 2.65. The predicted octanol–water partition coefficient (Wildman–Crippen LogP) is 2.83. The minimum Gasteiger partial charge on any atom is -0.303 e. The summed E-state index contributed by atoms with van der Waals surface area (Å²) in [6.07, 6.45) is 7.65. The first-order valence-electron chi connectivity index (χ1n) is 5.27. The van der Waals surface area contributed by atoms with Gasteiger partial charge in [0.25, 0.3) is 0 Å². The van der Waals surface area contributed by atoms with Crippen LogP contribution in [0, 0.1) is 0 Å². The van der Waals surface area contributed by atoms with E-state index in [1.807, 2.05) is 0 Å². The Morgan fingerprint density at radius 1 is 1.33 bits per heavy atom. The highest BCUT2D eigenvalue weighted by Crippen LogP contribution is 2.15. The van der Waals surface area contributed by atoms with Gasteiger partial charge in [0.2, 0.25) is 0 Å². The Bertz CT molecular complexity index is 149. The molecular weight excluding hydrogens is 146 g/mol. The van der Waals surface area contributed by atoms with E-state index in [1.165, 1.54) is 45.3 Å². The van der Waals surface area contributed by atoms with Gasteiger partial charge in [-0.3, -0.25) is 0 Å². The van der Waals surface area contributed by atoms with Crippen LogP contribution in [0.25, 0.3) is 0 Å². The minimum atomic E-state index is 1.22. The van der Waals surface area contributed by atoms with Crippen molar-refractivity contribution in [1.82, 2.24) is 4.90 Å². The Morgan fingerprint density at radius 2 is 2.17 bits per heavy atom. The quantitative estimate of drug-likeness (QED) is 0.584. The molecule has 0 saturated heterocycles. The van der Waals surface area contributed by atoms with Crippen molar-refractivity contribution in [1.29, 1.82) is 0 Å². The van der Waals surface area contributed by atoms with Gasteiger partial charge >= 0.3 is 0 Å². The van der Waals surface area contributed by atoms with E-state index in [-0.39, 0.29) is 0 Å². The van der Waals surface area contributed by atoms with Crippen LogP contribution in [0.5, 0.6) is 0 Å². The normalized spacial score (nSPS) is 20.3. The van der Waals surface area contributed by atoms with Crippen molar-refractivity contribution in [2.24, 2.45) is 0 Å². The van der Waals surface area contributed by atoms with Crippen molar-refractivity contribution in [3.05, 3.63) is 11.6 Å². The standard InChI is InChI=1S/C11H21N/c1-3-6-11-7-5-9-12(4-2)10-8-11/h7H,3-6,8-10H2,1-2H3. The molecular formula is C11H21N. The topological polar surface area (TPSA) is 3.24 Å². The van der Waals surface area contributed by atoms with Crippen molar-refractivity contribution in [3.63, 3.8) is 0 Å². The number of hydrogen-bond donors (Lipinski definition) is 0. The van der Waals surface area contributed by atoms with Crippen molar-refractivity contribution in [3.8, 4) is 0 Å². The predicted molar refractivity (Wildman–Crippen MR) is 54.3 cm³/mol. The summed E-state index contributed by atoms with van der Waals surface area (Å²) in [5, 5.41) is 0. The van der Waals surface area contributed by atoms with Crippen molar-refractivity contribution in [2.75, 3.05) is 19.6 Å². The van der Waals surface area contributed by atoms with Gasteiger partial charge in [-0.15, -0.1) is 0 Å². The molecule has 12 heavy (non-hydrogen) atoms. The zero-order valence-corrected chi connectivity index (χ0v) is 8.47. The summed E-state index contributed by atoms with van der Waals surface area (Å²) >= 11 is 0. The van der Waals surface area contributed by atoms with Crippen LogP contribution < -0.4 is 0 Å². The summed E-state index contributed by atoms with van der Waals surface area (Å²) in [7, 11) is 0. The van der Waals surface area contributed by atoms with E-state index in [2.05, 4.69) is 24.8 Å². The molecule has 0 unspecified atom stereocenters. The van der Waals surface area contributed by atoms with Gasteiger partial charge in [0.1, 0.15) is 0 Å². The minimum absolute atomic E-state index is 1.22. The van der Waals surface area contributed by atoms with Gasteiger partial charge < -0.3 is 4.90 Å². The molecule has 1 rings (SSSR count). The molecule has 0 radical (unpaired) electrons. The summed E-state index contributed by atoms with van der Waals surface area (Å²) in [5.74, 6) is 0. The van der Waals surface area contributed by atoms with Crippen molar-refractivity contribution >= 4 is 0 Å². The maximum absolute atomic E-state index is 2.54. The number of nitrogens with zero attached hydrogens (tertiary/aromatic N) is 1. The molecule has 70 valence electrons. The maximum Gasteiger partial charge on any atom is 0.00186 e. The highest BCUT2D eigenvalue weighted by Gasteiger charge is 2.07. The Balaban J connectivity index is 2.34. The van der Waals surface area contributed by atoms with E-state index >= 15 is 0 Å². The molecule has 1 aliphatic heterocycles. The van der Waals surface area contributed by atoms with Crippen LogP contribution in [-0.2, 0) is 0 Å². The fourth-order valence-electron chi connectivity index (χ4n) is 1.83. The van der Waals surface area contributed by atoms with Crippen molar-refractivity contribution < 1.29 is 0 Å². The molecule has 0 aromatic heterocycles. The van der Waals surface area contributed by atoms with Crippen LogP contribution in [0.15, 0.2) is 11.6 Å². The first-order chi connectivity index (χ1) is 5.86. The number of rotatable bonds is 3. The second kappa shape index (κ2) is 5.36. The SMILES string of the molecule is CCCC1=CCCN(CC)CC1. The Hall–Kier alpha value is -0.300. The molecule has 0 saturated carbocycles. The lowest BCUT2D eigenvalue weighted by Gasteiger charge is -2.16. The molecule has 0 aromatic rings. The molecule has 0 spiro atoms. The highest BCUT2D eigenvalue weighted by molar-refractivity contribution is 5.04. The molecule has 0 atom stereocenters. The lowest BCUT2D eigenvalue weighted by molar-refractivity contribution is 0.303. The van der Waals surface area contributed by atoms with Crippen LogP contribution in [0.2, 0.25) is 0 Å². The van der Waals surface area contributed by atoms with Gasteiger partial charge in [-0.1, -0.05) is 31.9 Å². The highest BCUT2D eigenvalue weighted by atomic mass is 15.1. The lowest BCUT2D eigenvalue weighted by atomic mass is 10.1. The largest absolute Gasteiger partial charge is 0.303 e. The molecule has 1 heteroatoms. The van der Waals surface area contributed by atoms with Crippen LogP contribution in [0.4, 0.5) is 0 Å². The molecule has 1 nitrogen and oxygen atoms in total. The fourth-order valence-corrected chi connectivity index (χ4v) is 1.83. The molecule has 0 aromatic carbocycles. The first-order valence-corrected chi connectivity index (χ1v) is 5.27. The van der Waals surface area contributed by atoms with E-state index < -0.39 is 0 Å². The maximum atomic E-state index is 2.54. The average molecular weight is 167 g/mol. The zero-order chi connectivity index (χ0) is 8.81. The van der Waals surface area contributed by atoms with Gasteiger partial charge in [-0.2, -0.15) is 0 Å². The Morgan fingerprint density at radius 3 is 2.83 bits per heavy atom. The second-order valence-electron chi connectivity index (χ2n) is 3.59. The molecule has 1 heterocycles. The van der Waals surface area contributed by atoms with E-state index in [1.54, 1.807) is 5.57 Å². The molecule has 0 aliphatic carbocycles.